The van der Waals surface area contributed by atoms with Gasteiger partial charge in [-0.15, -0.1) is 0 Å². The third-order valence-corrected chi connectivity index (χ3v) is 3.05. The van der Waals surface area contributed by atoms with Gasteiger partial charge in [-0.05, 0) is 31.5 Å². The average molecular weight is 241 g/mol. The number of benzene rings is 2. The summed E-state index contributed by atoms with van der Waals surface area (Å²) >= 11 is 0. The Bertz CT molecular complexity index is 534. The van der Waals surface area contributed by atoms with Crippen LogP contribution in [-0.2, 0) is 6.54 Å². The van der Waals surface area contributed by atoms with Gasteiger partial charge in [-0.2, -0.15) is 0 Å². The van der Waals surface area contributed by atoms with E-state index in [4.69, 9.17) is 4.74 Å². The first-order valence-electron chi connectivity index (χ1n) is 6.13. The molecule has 18 heavy (non-hydrogen) atoms. The van der Waals surface area contributed by atoms with Crippen LogP contribution in [0.2, 0.25) is 0 Å². The van der Waals surface area contributed by atoms with Gasteiger partial charge in [-0.1, -0.05) is 35.9 Å². The Labute approximate surface area is 109 Å². The molecule has 0 saturated heterocycles. The van der Waals surface area contributed by atoms with E-state index in [1.807, 2.05) is 18.2 Å². The number of hydrogen-bond acceptors (Lipinski definition) is 2. The molecule has 0 fully saturated rings. The van der Waals surface area contributed by atoms with Gasteiger partial charge in [0.2, 0.25) is 0 Å². The number of aryl methyl sites for hydroxylation is 2. The molecule has 2 aromatic rings. The quantitative estimate of drug-likeness (QED) is 0.875. The maximum Gasteiger partial charge on any atom is 0.123 e. The van der Waals surface area contributed by atoms with Crippen molar-refractivity contribution in [3.8, 4) is 5.75 Å². The molecule has 94 valence electrons. The topological polar surface area (TPSA) is 21.3 Å². The van der Waals surface area contributed by atoms with Crippen LogP contribution in [0.3, 0.4) is 0 Å². The molecule has 0 aliphatic rings. The van der Waals surface area contributed by atoms with Crippen LogP contribution in [0, 0.1) is 13.8 Å². The first-order valence-corrected chi connectivity index (χ1v) is 6.13. The van der Waals surface area contributed by atoms with Crippen molar-refractivity contribution in [3.05, 3.63) is 59.2 Å². The number of para-hydroxylation sites is 1. The van der Waals surface area contributed by atoms with Crippen LogP contribution >= 0.6 is 0 Å². The third-order valence-electron chi connectivity index (χ3n) is 3.05. The summed E-state index contributed by atoms with van der Waals surface area (Å²) in [5, 5.41) is 3.45. The van der Waals surface area contributed by atoms with E-state index in [0.29, 0.717) is 0 Å². The van der Waals surface area contributed by atoms with Gasteiger partial charge >= 0.3 is 0 Å². The molecular formula is C16H19NO. The molecule has 0 radical (unpaired) electrons. The molecule has 1 N–H and O–H groups in total. The Morgan fingerprint density at radius 3 is 2.56 bits per heavy atom. The second-order valence-corrected chi connectivity index (χ2v) is 4.48. The molecule has 0 aromatic heterocycles. The van der Waals surface area contributed by atoms with Crippen molar-refractivity contribution in [1.29, 1.82) is 0 Å². The summed E-state index contributed by atoms with van der Waals surface area (Å²) in [6.07, 6.45) is 0. The van der Waals surface area contributed by atoms with E-state index in [-0.39, 0.29) is 0 Å². The van der Waals surface area contributed by atoms with Crippen LogP contribution in [0.5, 0.6) is 5.75 Å². The highest BCUT2D eigenvalue weighted by atomic mass is 16.5. The molecule has 0 spiro atoms. The van der Waals surface area contributed by atoms with Crippen molar-refractivity contribution in [2.75, 3.05) is 12.4 Å². The maximum absolute atomic E-state index is 5.38. The zero-order valence-corrected chi connectivity index (χ0v) is 11.2. The monoisotopic (exact) mass is 241 g/mol. The summed E-state index contributed by atoms with van der Waals surface area (Å²) in [7, 11) is 1.71. The van der Waals surface area contributed by atoms with E-state index in [1.165, 1.54) is 22.4 Å². The van der Waals surface area contributed by atoms with Gasteiger partial charge in [0, 0.05) is 17.8 Å². The van der Waals surface area contributed by atoms with E-state index < -0.39 is 0 Å². The molecule has 2 aromatic carbocycles. The summed E-state index contributed by atoms with van der Waals surface area (Å²) in [4.78, 5) is 0. The number of rotatable bonds is 4. The lowest BCUT2D eigenvalue weighted by Gasteiger charge is -2.13. The molecule has 0 amide bonds. The smallest absolute Gasteiger partial charge is 0.123 e. The largest absolute Gasteiger partial charge is 0.496 e. The van der Waals surface area contributed by atoms with Crippen molar-refractivity contribution >= 4 is 5.69 Å². The Hall–Kier alpha value is -1.96. The standard InChI is InChI=1S/C16H19NO/c1-12-8-9-16(18-3)14(10-12)11-17-15-7-5-4-6-13(15)2/h4-10,17H,11H2,1-3H3. The van der Waals surface area contributed by atoms with Gasteiger partial charge in [-0.25, -0.2) is 0 Å². The van der Waals surface area contributed by atoms with Crippen LogP contribution < -0.4 is 10.1 Å². The number of ether oxygens (including phenoxy) is 1. The summed E-state index contributed by atoms with van der Waals surface area (Å²) in [6.45, 7) is 4.97. The summed E-state index contributed by atoms with van der Waals surface area (Å²) < 4.78 is 5.38. The minimum atomic E-state index is 0.774. The minimum absolute atomic E-state index is 0.774. The van der Waals surface area contributed by atoms with Crippen LogP contribution in [0.4, 0.5) is 5.69 Å². The van der Waals surface area contributed by atoms with Crippen molar-refractivity contribution in [3.63, 3.8) is 0 Å². The fourth-order valence-electron chi connectivity index (χ4n) is 2.01. The Balaban J connectivity index is 2.15. The SMILES string of the molecule is COc1ccc(C)cc1CNc1ccccc1C. The van der Waals surface area contributed by atoms with Gasteiger partial charge < -0.3 is 10.1 Å². The van der Waals surface area contributed by atoms with Crippen LogP contribution in [0.25, 0.3) is 0 Å². The van der Waals surface area contributed by atoms with Crippen molar-refractivity contribution < 1.29 is 4.74 Å². The van der Waals surface area contributed by atoms with E-state index in [0.717, 1.165) is 12.3 Å². The predicted molar refractivity (Wildman–Crippen MR) is 76.2 cm³/mol. The van der Waals surface area contributed by atoms with Crippen molar-refractivity contribution in [1.82, 2.24) is 0 Å². The molecule has 2 nitrogen and oxygen atoms in total. The first kappa shape index (κ1) is 12.5. The van der Waals surface area contributed by atoms with E-state index in [1.54, 1.807) is 7.11 Å². The zero-order valence-electron chi connectivity index (χ0n) is 11.2. The first-order chi connectivity index (χ1) is 8.70. The molecule has 2 rings (SSSR count). The summed E-state index contributed by atoms with van der Waals surface area (Å²) in [6, 6.07) is 14.5. The molecule has 2 heteroatoms. The molecule has 0 atom stereocenters. The molecule has 0 aliphatic heterocycles. The number of methoxy groups -OCH3 is 1. The molecule has 0 aliphatic carbocycles. The predicted octanol–water partition coefficient (Wildman–Crippen LogP) is 3.92. The second kappa shape index (κ2) is 5.58. The van der Waals surface area contributed by atoms with Crippen LogP contribution in [0.1, 0.15) is 16.7 Å². The molecular weight excluding hydrogens is 222 g/mol. The number of anilines is 1. The highest BCUT2D eigenvalue weighted by Gasteiger charge is 2.03. The normalized spacial score (nSPS) is 10.2. The lowest BCUT2D eigenvalue weighted by Crippen LogP contribution is -2.03. The van der Waals surface area contributed by atoms with Crippen molar-refractivity contribution in [2.45, 2.75) is 20.4 Å². The third kappa shape index (κ3) is 2.83. The summed E-state index contributed by atoms with van der Waals surface area (Å²) in [5.41, 5.74) is 4.85. The minimum Gasteiger partial charge on any atom is -0.496 e. The highest BCUT2D eigenvalue weighted by Crippen LogP contribution is 2.22. The van der Waals surface area contributed by atoms with Gasteiger partial charge in [0.05, 0.1) is 7.11 Å². The number of hydrogen-bond donors (Lipinski definition) is 1. The van der Waals surface area contributed by atoms with Crippen molar-refractivity contribution in [2.24, 2.45) is 0 Å². The van der Waals surface area contributed by atoms with Gasteiger partial charge in [-0.3, -0.25) is 0 Å². The van der Waals surface area contributed by atoms with Gasteiger partial charge in [0.1, 0.15) is 5.75 Å². The fourth-order valence-corrected chi connectivity index (χ4v) is 2.01. The lowest BCUT2D eigenvalue weighted by atomic mass is 10.1. The van der Waals surface area contributed by atoms with E-state index >= 15 is 0 Å². The highest BCUT2D eigenvalue weighted by molar-refractivity contribution is 5.51. The Kier molecular flexibility index (Phi) is 3.88. The Morgan fingerprint density at radius 1 is 1.06 bits per heavy atom. The fraction of sp³-hybridized carbons (Fsp3) is 0.250. The van der Waals surface area contributed by atoms with Crippen LogP contribution in [-0.4, -0.2) is 7.11 Å². The average Bonchev–Trinajstić information content (AvgIpc) is 2.38. The van der Waals surface area contributed by atoms with Gasteiger partial charge in [0.25, 0.3) is 0 Å². The molecule has 0 saturated carbocycles. The maximum atomic E-state index is 5.38. The zero-order chi connectivity index (χ0) is 13.0. The molecule has 0 heterocycles. The van der Waals surface area contributed by atoms with E-state index in [2.05, 4.69) is 43.4 Å². The van der Waals surface area contributed by atoms with Crippen LogP contribution in [0.15, 0.2) is 42.5 Å². The number of nitrogens with one attached hydrogen (secondary N) is 1. The summed E-state index contributed by atoms with van der Waals surface area (Å²) in [5.74, 6) is 0.932. The molecule has 0 unspecified atom stereocenters. The second-order valence-electron chi connectivity index (χ2n) is 4.48. The van der Waals surface area contributed by atoms with E-state index in [9.17, 15) is 0 Å². The van der Waals surface area contributed by atoms with Gasteiger partial charge in [0.15, 0.2) is 0 Å². The lowest BCUT2D eigenvalue weighted by molar-refractivity contribution is 0.410. The Morgan fingerprint density at radius 2 is 1.83 bits per heavy atom. The molecule has 0 bridgehead atoms.